The molecule has 3 heterocycles. The standard InChI is InChI=1S/C20H31FN6O5S/c1-12-6-7-16(32-12)19-24-25-20(27(19)17(31-5)8-9-30-4)26-33(28,29)14(3)13(2)18-22-10-15(21)11-23-18/h10-14,16-17H,6-9H2,1-5H3,(H,25,26)/t12-,13+,14+,16-,17?/m1/s1. The van der Waals surface area contributed by atoms with Gasteiger partial charge in [-0.15, -0.1) is 10.2 Å². The Morgan fingerprint density at radius 1 is 1.24 bits per heavy atom. The monoisotopic (exact) mass is 486 g/mol. The van der Waals surface area contributed by atoms with E-state index in [0.717, 1.165) is 25.2 Å². The van der Waals surface area contributed by atoms with Gasteiger partial charge in [-0.1, -0.05) is 6.92 Å². The van der Waals surface area contributed by atoms with E-state index in [2.05, 4.69) is 24.9 Å². The van der Waals surface area contributed by atoms with Crippen LogP contribution in [0.3, 0.4) is 0 Å². The number of nitrogens with zero attached hydrogens (tertiary/aromatic N) is 5. The number of aromatic nitrogens is 5. The van der Waals surface area contributed by atoms with Gasteiger partial charge in [-0.25, -0.2) is 22.8 Å². The molecule has 0 aliphatic carbocycles. The van der Waals surface area contributed by atoms with Crippen LogP contribution in [0.5, 0.6) is 0 Å². The molecule has 2 aromatic rings. The molecular weight excluding hydrogens is 455 g/mol. The van der Waals surface area contributed by atoms with Gasteiger partial charge in [0.25, 0.3) is 0 Å². The zero-order valence-corrected chi connectivity index (χ0v) is 20.2. The van der Waals surface area contributed by atoms with Crippen molar-refractivity contribution in [3.8, 4) is 0 Å². The van der Waals surface area contributed by atoms with Crippen LogP contribution < -0.4 is 4.72 Å². The van der Waals surface area contributed by atoms with E-state index in [0.29, 0.717) is 18.9 Å². The van der Waals surface area contributed by atoms with Crippen LogP contribution in [-0.2, 0) is 24.2 Å². The van der Waals surface area contributed by atoms with Crippen LogP contribution in [0.1, 0.15) is 69.9 Å². The van der Waals surface area contributed by atoms with Crippen LogP contribution in [0.25, 0.3) is 0 Å². The number of hydrogen-bond acceptors (Lipinski definition) is 9. The molecule has 1 N–H and O–H groups in total. The summed E-state index contributed by atoms with van der Waals surface area (Å²) in [4.78, 5) is 7.83. The predicted molar refractivity (Wildman–Crippen MR) is 117 cm³/mol. The van der Waals surface area contributed by atoms with Crippen molar-refractivity contribution in [2.75, 3.05) is 25.5 Å². The Morgan fingerprint density at radius 3 is 2.52 bits per heavy atom. The van der Waals surface area contributed by atoms with Gasteiger partial charge >= 0.3 is 0 Å². The van der Waals surface area contributed by atoms with E-state index >= 15 is 0 Å². The van der Waals surface area contributed by atoms with E-state index in [-0.39, 0.29) is 24.0 Å². The van der Waals surface area contributed by atoms with Crippen LogP contribution in [0.15, 0.2) is 12.4 Å². The first-order valence-corrected chi connectivity index (χ1v) is 12.3. The number of nitrogens with one attached hydrogen (secondary N) is 1. The molecule has 33 heavy (non-hydrogen) atoms. The Kier molecular flexibility index (Phi) is 8.32. The molecule has 2 aromatic heterocycles. The Bertz CT molecular complexity index is 1020. The molecule has 0 aromatic carbocycles. The number of halogens is 1. The lowest BCUT2D eigenvalue weighted by Gasteiger charge is -2.24. The summed E-state index contributed by atoms with van der Waals surface area (Å²) in [5, 5.41) is 7.41. The fourth-order valence-corrected chi connectivity index (χ4v) is 4.94. The molecule has 0 saturated carbocycles. The molecule has 184 valence electrons. The second-order valence-electron chi connectivity index (χ2n) is 8.14. The molecule has 1 saturated heterocycles. The van der Waals surface area contributed by atoms with E-state index in [4.69, 9.17) is 14.2 Å². The maximum absolute atomic E-state index is 13.2. The summed E-state index contributed by atoms with van der Waals surface area (Å²) < 4.78 is 60.5. The molecule has 3 rings (SSSR count). The SMILES string of the molecule is COCCC(OC)n1c(NS(=O)(=O)[C@@H](C)[C@H](C)c2ncc(F)cn2)nnc1[C@H]1CC[C@@H](C)O1. The zero-order chi connectivity index (χ0) is 24.2. The van der Waals surface area contributed by atoms with Crippen molar-refractivity contribution < 1.29 is 27.0 Å². The van der Waals surface area contributed by atoms with Gasteiger partial charge in [-0.05, 0) is 26.7 Å². The van der Waals surface area contributed by atoms with Gasteiger partial charge in [-0.2, -0.15) is 0 Å². The molecule has 0 bridgehead atoms. The number of rotatable bonds is 11. The van der Waals surface area contributed by atoms with Gasteiger partial charge < -0.3 is 14.2 Å². The molecule has 5 atom stereocenters. The topological polar surface area (TPSA) is 130 Å². The summed E-state index contributed by atoms with van der Waals surface area (Å²) in [5.74, 6) is -0.465. The highest BCUT2D eigenvalue weighted by atomic mass is 32.2. The van der Waals surface area contributed by atoms with Crippen molar-refractivity contribution in [1.82, 2.24) is 24.7 Å². The minimum atomic E-state index is -3.95. The van der Waals surface area contributed by atoms with Crippen molar-refractivity contribution in [3.05, 3.63) is 29.9 Å². The highest BCUT2D eigenvalue weighted by molar-refractivity contribution is 7.93. The number of anilines is 1. The first-order valence-electron chi connectivity index (χ1n) is 10.8. The molecule has 1 aliphatic rings. The molecule has 1 unspecified atom stereocenters. The summed E-state index contributed by atoms with van der Waals surface area (Å²) in [5.41, 5.74) is 0. The van der Waals surface area contributed by atoms with Crippen molar-refractivity contribution in [1.29, 1.82) is 0 Å². The highest BCUT2D eigenvalue weighted by Crippen LogP contribution is 2.35. The second kappa shape index (κ2) is 10.8. The van der Waals surface area contributed by atoms with Crippen molar-refractivity contribution in [2.24, 2.45) is 0 Å². The summed E-state index contributed by atoms with van der Waals surface area (Å²) in [6.45, 7) is 5.56. The lowest BCUT2D eigenvalue weighted by molar-refractivity contribution is 0.00194. The molecule has 1 aliphatic heterocycles. The second-order valence-corrected chi connectivity index (χ2v) is 10.2. The summed E-state index contributed by atoms with van der Waals surface area (Å²) in [6, 6.07) is 0. The van der Waals surface area contributed by atoms with Gasteiger partial charge in [-0.3, -0.25) is 9.29 Å². The van der Waals surface area contributed by atoms with Gasteiger partial charge in [0.15, 0.2) is 11.6 Å². The quantitative estimate of drug-likeness (QED) is 0.509. The smallest absolute Gasteiger partial charge is 0.240 e. The lowest BCUT2D eigenvalue weighted by Crippen LogP contribution is -2.32. The zero-order valence-electron chi connectivity index (χ0n) is 19.4. The maximum Gasteiger partial charge on any atom is 0.240 e. The van der Waals surface area contributed by atoms with E-state index in [9.17, 15) is 12.8 Å². The molecular formula is C20H31FN6O5S. The van der Waals surface area contributed by atoms with Crippen LogP contribution >= 0.6 is 0 Å². The van der Waals surface area contributed by atoms with Gasteiger partial charge in [0.05, 0.1) is 30.4 Å². The summed E-state index contributed by atoms with van der Waals surface area (Å²) in [6.07, 6.45) is 3.24. The summed E-state index contributed by atoms with van der Waals surface area (Å²) >= 11 is 0. The molecule has 0 amide bonds. The number of sulfonamides is 1. The molecule has 0 spiro atoms. The van der Waals surface area contributed by atoms with E-state index in [1.165, 1.54) is 14.0 Å². The van der Waals surface area contributed by atoms with Gasteiger partial charge in [0, 0.05) is 26.6 Å². The average molecular weight is 487 g/mol. The van der Waals surface area contributed by atoms with Crippen molar-refractivity contribution >= 4 is 16.0 Å². The molecule has 11 nitrogen and oxygen atoms in total. The molecule has 0 radical (unpaired) electrons. The normalized spacial score (nSPS) is 21.6. The maximum atomic E-state index is 13.2. The van der Waals surface area contributed by atoms with E-state index < -0.39 is 33.2 Å². The largest absolute Gasteiger partial charge is 0.385 e. The first kappa shape index (κ1) is 25.4. The van der Waals surface area contributed by atoms with Crippen molar-refractivity contribution in [2.45, 2.75) is 69.6 Å². The molecule has 1 fully saturated rings. The number of hydrogen-bond donors (Lipinski definition) is 1. The number of methoxy groups -OCH3 is 2. The van der Waals surface area contributed by atoms with Crippen LogP contribution in [0, 0.1) is 5.82 Å². The van der Waals surface area contributed by atoms with Crippen LogP contribution in [0.4, 0.5) is 10.3 Å². The Labute approximate surface area is 193 Å². The van der Waals surface area contributed by atoms with Crippen LogP contribution in [-0.4, -0.2) is 65.3 Å². The lowest BCUT2D eigenvalue weighted by atomic mass is 10.1. The summed E-state index contributed by atoms with van der Waals surface area (Å²) in [7, 11) is -0.851. The third kappa shape index (κ3) is 5.83. The van der Waals surface area contributed by atoms with Gasteiger partial charge in [0.2, 0.25) is 16.0 Å². The Morgan fingerprint density at radius 2 is 1.94 bits per heavy atom. The highest BCUT2D eigenvalue weighted by Gasteiger charge is 2.35. The van der Waals surface area contributed by atoms with Crippen LogP contribution in [0.2, 0.25) is 0 Å². The van der Waals surface area contributed by atoms with Crippen molar-refractivity contribution in [3.63, 3.8) is 0 Å². The average Bonchev–Trinajstić information content (AvgIpc) is 3.40. The third-order valence-corrected chi connectivity index (χ3v) is 7.70. The third-order valence-electron chi connectivity index (χ3n) is 5.85. The first-order chi connectivity index (χ1) is 15.7. The Hall–Kier alpha value is -2.22. The fourth-order valence-electron chi connectivity index (χ4n) is 3.70. The van der Waals surface area contributed by atoms with Gasteiger partial charge in [0.1, 0.15) is 18.2 Å². The number of ether oxygens (including phenoxy) is 3. The minimum absolute atomic E-state index is 0.0233. The van der Waals surface area contributed by atoms with E-state index in [1.54, 1.807) is 18.6 Å². The Balaban J connectivity index is 1.90. The fraction of sp³-hybridized carbons (Fsp3) is 0.700. The molecule has 13 heteroatoms. The predicted octanol–water partition coefficient (Wildman–Crippen LogP) is 2.56. The minimum Gasteiger partial charge on any atom is -0.385 e. The van der Waals surface area contributed by atoms with E-state index in [1.807, 2.05) is 6.92 Å².